The molecular formula is C19H25N7O. The van der Waals surface area contributed by atoms with Crippen molar-refractivity contribution < 1.29 is 4.42 Å². The van der Waals surface area contributed by atoms with Crippen LogP contribution in [0.1, 0.15) is 24.2 Å². The number of likely N-dealkylation sites (N-methyl/N-ethyl adjacent to an activating group) is 1. The molecule has 8 nitrogen and oxygen atoms in total. The van der Waals surface area contributed by atoms with E-state index in [2.05, 4.69) is 42.9 Å². The van der Waals surface area contributed by atoms with Crippen LogP contribution >= 0.6 is 0 Å². The van der Waals surface area contributed by atoms with Crippen molar-refractivity contribution in [3.8, 4) is 11.6 Å². The summed E-state index contributed by atoms with van der Waals surface area (Å²) < 4.78 is 9.89. The fourth-order valence-electron chi connectivity index (χ4n) is 4.67. The summed E-state index contributed by atoms with van der Waals surface area (Å²) in [6.45, 7) is 4.91. The number of aromatic nitrogens is 5. The van der Waals surface area contributed by atoms with Gasteiger partial charge in [0.05, 0.1) is 24.5 Å². The topological polar surface area (TPSA) is 68.2 Å². The Morgan fingerprint density at radius 1 is 1.19 bits per heavy atom. The molecular weight excluding hydrogens is 342 g/mol. The van der Waals surface area contributed by atoms with E-state index in [-0.39, 0.29) is 5.54 Å². The maximum absolute atomic E-state index is 5.65. The zero-order valence-corrected chi connectivity index (χ0v) is 15.9. The van der Waals surface area contributed by atoms with E-state index in [1.807, 2.05) is 30.1 Å². The van der Waals surface area contributed by atoms with Crippen molar-refractivity contribution >= 4 is 0 Å². The summed E-state index contributed by atoms with van der Waals surface area (Å²) in [5, 5.41) is 13.3. The molecule has 1 fully saturated rings. The molecule has 2 aliphatic rings. The standard InChI is InChI=1S/C19H25N7O/c1-23-13-17-21-22-18(16-4-3-9-27-16)26(17)19(14-23)5-7-25(8-6-19)12-15-10-20-24(2)11-15/h3-4,9-11H,5-8,12-14H2,1-2H3. The van der Waals surface area contributed by atoms with E-state index >= 15 is 0 Å². The van der Waals surface area contributed by atoms with Gasteiger partial charge in [0.1, 0.15) is 5.82 Å². The molecule has 0 amide bonds. The summed E-state index contributed by atoms with van der Waals surface area (Å²) in [6, 6.07) is 3.88. The van der Waals surface area contributed by atoms with Gasteiger partial charge in [-0.3, -0.25) is 19.0 Å². The van der Waals surface area contributed by atoms with Crippen molar-refractivity contribution in [3.63, 3.8) is 0 Å². The molecule has 5 rings (SSSR count). The Labute approximate surface area is 158 Å². The summed E-state index contributed by atoms with van der Waals surface area (Å²) in [5.74, 6) is 2.70. The third-order valence-corrected chi connectivity index (χ3v) is 5.87. The van der Waals surface area contributed by atoms with E-state index < -0.39 is 0 Å². The molecule has 5 heterocycles. The molecule has 0 N–H and O–H groups in total. The van der Waals surface area contributed by atoms with Gasteiger partial charge < -0.3 is 4.42 Å². The number of rotatable bonds is 3. The molecule has 0 bridgehead atoms. The lowest BCUT2D eigenvalue weighted by atomic mass is 9.84. The predicted molar refractivity (Wildman–Crippen MR) is 99.8 cm³/mol. The average molecular weight is 367 g/mol. The number of furan rings is 1. The molecule has 3 aromatic heterocycles. The summed E-state index contributed by atoms with van der Waals surface area (Å²) in [7, 11) is 4.14. The number of hydrogen-bond acceptors (Lipinski definition) is 6. The Hall–Kier alpha value is -2.45. The molecule has 0 atom stereocenters. The van der Waals surface area contributed by atoms with Crippen LogP contribution in [-0.4, -0.2) is 61.0 Å². The smallest absolute Gasteiger partial charge is 0.200 e. The van der Waals surface area contributed by atoms with Crippen molar-refractivity contribution in [2.75, 3.05) is 26.7 Å². The molecule has 0 saturated carbocycles. The van der Waals surface area contributed by atoms with Crippen LogP contribution in [0.5, 0.6) is 0 Å². The zero-order chi connectivity index (χ0) is 18.4. The zero-order valence-electron chi connectivity index (χ0n) is 15.9. The van der Waals surface area contributed by atoms with E-state index in [0.717, 1.165) is 63.0 Å². The Morgan fingerprint density at radius 2 is 2.04 bits per heavy atom. The van der Waals surface area contributed by atoms with Gasteiger partial charge in [0.15, 0.2) is 11.6 Å². The Morgan fingerprint density at radius 3 is 2.74 bits per heavy atom. The highest BCUT2D eigenvalue weighted by Crippen LogP contribution is 2.39. The van der Waals surface area contributed by atoms with Crippen molar-refractivity contribution in [3.05, 3.63) is 42.2 Å². The largest absolute Gasteiger partial charge is 0.461 e. The van der Waals surface area contributed by atoms with Crippen molar-refractivity contribution in [1.29, 1.82) is 0 Å². The molecule has 1 spiro atoms. The first-order chi connectivity index (χ1) is 13.1. The first kappa shape index (κ1) is 16.7. The minimum atomic E-state index is 0.0272. The van der Waals surface area contributed by atoms with Crippen LogP contribution in [0.4, 0.5) is 0 Å². The van der Waals surface area contributed by atoms with Crippen LogP contribution in [0.25, 0.3) is 11.6 Å². The second kappa shape index (κ2) is 6.31. The van der Waals surface area contributed by atoms with E-state index in [1.54, 1.807) is 6.26 Å². The van der Waals surface area contributed by atoms with Crippen LogP contribution < -0.4 is 0 Å². The quantitative estimate of drug-likeness (QED) is 0.702. The highest BCUT2D eigenvalue weighted by molar-refractivity contribution is 5.48. The lowest BCUT2D eigenvalue weighted by Crippen LogP contribution is -2.55. The molecule has 0 radical (unpaired) electrons. The van der Waals surface area contributed by atoms with E-state index in [1.165, 1.54) is 5.56 Å². The van der Waals surface area contributed by atoms with Gasteiger partial charge in [0.2, 0.25) is 0 Å². The van der Waals surface area contributed by atoms with Gasteiger partial charge in [0, 0.05) is 45.0 Å². The van der Waals surface area contributed by atoms with Crippen LogP contribution in [0.2, 0.25) is 0 Å². The van der Waals surface area contributed by atoms with Gasteiger partial charge in [-0.2, -0.15) is 5.10 Å². The van der Waals surface area contributed by atoms with Crippen LogP contribution in [0.15, 0.2) is 35.2 Å². The fraction of sp³-hybridized carbons (Fsp3) is 0.526. The average Bonchev–Trinajstić information content (AvgIpc) is 3.37. The van der Waals surface area contributed by atoms with Crippen LogP contribution in [-0.2, 0) is 25.7 Å². The third-order valence-electron chi connectivity index (χ3n) is 5.87. The summed E-state index contributed by atoms with van der Waals surface area (Å²) in [6.07, 6.45) is 7.93. The van der Waals surface area contributed by atoms with Gasteiger partial charge in [-0.25, -0.2) is 0 Å². The molecule has 2 aliphatic heterocycles. The molecule has 0 unspecified atom stereocenters. The first-order valence-corrected chi connectivity index (χ1v) is 9.50. The van der Waals surface area contributed by atoms with Gasteiger partial charge in [-0.1, -0.05) is 0 Å². The molecule has 27 heavy (non-hydrogen) atoms. The number of nitrogens with zero attached hydrogens (tertiary/aromatic N) is 7. The fourth-order valence-corrected chi connectivity index (χ4v) is 4.67. The lowest BCUT2D eigenvalue weighted by molar-refractivity contribution is 0.0488. The third kappa shape index (κ3) is 2.89. The van der Waals surface area contributed by atoms with Gasteiger partial charge >= 0.3 is 0 Å². The second-order valence-corrected chi connectivity index (χ2v) is 7.95. The van der Waals surface area contributed by atoms with E-state index in [0.29, 0.717) is 0 Å². The lowest BCUT2D eigenvalue weighted by Gasteiger charge is -2.48. The van der Waals surface area contributed by atoms with Gasteiger partial charge in [-0.05, 0) is 32.0 Å². The maximum atomic E-state index is 5.65. The van der Waals surface area contributed by atoms with E-state index in [4.69, 9.17) is 4.42 Å². The predicted octanol–water partition coefficient (Wildman–Crippen LogP) is 1.71. The van der Waals surface area contributed by atoms with Crippen molar-refractivity contribution in [2.45, 2.75) is 31.5 Å². The SMILES string of the molecule is CN1Cc2nnc(-c3ccco3)n2C2(CCN(Cc3cnn(C)c3)CC2)C1. The monoisotopic (exact) mass is 367 g/mol. The number of hydrogen-bond donors (Lipinski definition) is 0. The molecule has 3 aromatic rings. The highest BCUT2D eigenvalue weighted by atomic mass is 16.3. The molecule has 0 aliphatic carbocycles. The molecule has 0 aromatic carbocycles. The van der Waals surface area contributed by atoms with E-state index in [9.17, 15) is 0 Å². The number of fused-ring (bicyclic) bond motifs is 2. The second-order valence-electron chi connectivity index (χ2n) is 7.95. The summed E-state index contributed by atoms with van der Waals surface area (Å²) >= 11 is 0. The minimum absolute atomic E-state index is 0.0272. The molecule has 8 heteroatoms. The molecule has 1 saturated heterocycles. The van der Waals surface area contributed by atoms with Crippen molar-refractivity contribution in [1.82, 2.24) is 34.3 Å². The maximum Gasteiger partial charge on any atom is 0.200 e. The normalized spacial score (nSPS) is 20.2. The Balaban J connectivity index is 1.42. The number of aryl methyl sites for hydroxylation is 1. The molecule has 142 valence electrons. The highest BCUT2D eigenvalue weighted by Gasteiger charge is 2.43. The van der Waals surface area contributed by atoms with Crippen molar-refractivity contribution in [2.24, 2.45) is 7.05 Å². The van der Waals surface area contributed by atoms with Gasteiger partial charge in [0.25, 0.3) is 0 Å². The Bertz CT molecular complexity index is 918. The minimum Gasteiger partial charge on any atom is -0.461 e. The van der Waals surface area contributed by atoms with Crippen LogP contribution in [0, 0.1) is 0 Å². The number of likely N-dealkylation sites (tertiary alicyclic amines) is 1. The van der Waals surface area contributed by atoms with Gasteiger partial charge in [-0.15, -0.1) is 10.2 Å². The number of piperidine rings is 1. The summed E-state index contributed by atoms with van der Waals surface area (Å²) in [5.41, 5.74) is 1.30. The van der Waals surface area contributed by atoms with Crippen LogP contribution in [0.3, 0.4) is 0 Å². The Kier molecular flexibility index (Phi) is 3.91. The first-order valence-electron chi connectivity index (χ1n) is 9.50. The summed E-state index contributed by atoms with van der Waals surface area (Å²) in [4.78, 5) is 4.89.